The lowest BCUT2D eigenvalue weighted by molar-refractivity contribution is -0.314. The lowest BCUT2D eigenvalue weighted by Gasteiger charge is -2.49. The van der Waals surface area contributed by atoms with E-state index in [2.05, 4.69) is 15.3 Å². The first-order valence-electron chi connectivity index (χ1n) is 14.0. The predicted molar refractivity (Wildman–Crippen MR) is 162 cm³/mol. The summed E-state index contributed by atoms with van der Waals surface area (Å²) in [5, 5.41) is 7.89. The second-order valence-corrected chi connectivity index (χ2v) is 12.0. The Morgan fingerprint density at radius 3 is 2.64 bits per heavy atom. The third-order valence-corrected chi connectivity index (χ3v) is 9.22. The highest BCUT2D eigenvalue weighted by molar-refractivity contribution is 7.16. The van der Waals surface area contributed by atoms with Crippen molar-refractivity contribution in [2.75, 3.05) is 25.7 Å². The largest absolute Gasteiger partial charge is 0.376 e. The predicted octanol–water partition coefficient (Wildman–Crippen LogP) is 5.59. The minimum Gasteiger partial charge on any atom is -0.376 e. The first-order valence-corrected chi connectivity index (χ1v) is 15.3. The number of amides is 1. The normalized spacial score (nSPS) is 24.8. The first-order chi connectivity index (χ1) is 21.8. The summed E-state index contributed by atoms with van der Waals surface area (Å²) < 4.78 is 55.9. The van der Waals surface area contributed by atoms with Crippen molar-refractivity contribution in [3.05, 3.63) is 94.6 Å². The van der Waals surface area contributed by atoms with Gasteiger partial charge in [-0.3, -0.25) is 4.79 Å². The van der Waals surface area contributed by atoms with Crippen LogP contribution in [0.3, 0.4) is 0 Å². The molecular weight excluding hydrogens is 628 g/mol. The van der Waals surface area contributed by atoms with Gasteiger partial charge in [-0.1, -0.05) is 47.1 Å². The number of likely N-dealkylation sites (N-methyl/N-ethyl adjacent to an activating group) is 1. The molecule has 10 nitrogen and oxygen atoms in total. The van der Waals surface area contributed by atoms with Gasteiger partial charge in [0.2, 0.25) is 0 Å². The van der Waals surface area contributed by atoms with Crippen molar-refractivity contribution in [1.82, 2.24) is 20.0 Å². The van der Waals surface area contributed by atoms with Gasteiger partial charge in [-0.15, -0.1) is 16.4 Å². The smallest absolute Gasteiger partial charge is 0.258 e. The highest BCUT2D eigenvalue weighted by Gasteiger charge is 2.54. The average Bonchev–Trinajstić information content (AvgIpc) is 3.75. The van der Waals surface area contributed by atoms with E-state index in [4.69, 9.17) is 30.5 Å². The van der Waals surface area contributed by atoms with Crippen molar-refractivity contribution in [1.29, 1.82) is 0 Å². The van der Waals surface area contributed by atoms with Gasteiger partial charge in [0.25, 0.3) is 5.91 Å². The van der Waals surface area contributed by atoms with Gasteiger partial charge < -0.3 is 23.8 Å². The molecule has 45 heavy (non-hydrogen) atoms. The molecule has 5 aromatic rings. The van der Waals surface area contributed by atoms with Crippen LogP contribution in [0.5, 0.6) is 0 Å². The fourth-order valence-corrected chi connectivity index (χ4v) is 6.59. The standard InChI is InChI=1S/C31H26ClF2N5O5S/c1-38(18-8-9-21-24(12-18)45-15-35-21)30(40)29-28(41-2)26(27-23(43-29)14-42-31(44-27)16-6-4-3-5-7-16)39-13-22(36-37-39)17-10-19(33)25(32)20(34)11-17/h3-13,15,23,26-29,31H,14H2,1-2H3. The number of fused-ring (bicyclic) bond motifs is 2. The maximum atomic E-state index is 14.3. The van der Waals surface area contributed by atoms with Crippen molar-refractivity contribution in [3.8, 4) is 11.3 Å². The van der Waals surface area contributed by atoms with Crippen LogP contribution in [0.1, 0.15) is 17.9 Å². The topological polar surface area (TPSA) is 101 Å². The molecule has 4 heterocycles. The van der Waals surface area contributed by atoms with E-state index in [-0.39, 0.29) is 23.8 Å². The van der Waals surface area contributed by atoms with E-state index in [0.717, 1.165) is 27.9 Å². The van der Waals surface area contributed by atoms with E-state index in [9.17, 15) is 13.6 Å². The molecule has 2 aliphatic heterocycles. The summed E-state index contributed by atoms with van der Waals surface area (Å²) in [6.45, 7) is 0.118. The molecule has 2 aliphatic rings. The summed E-state index contributed by atoms with van der Waals surface area (Å²) >= 11 is 7.17. The molecule has 0 spiro atoms. The molecule has 14 heteroatoms. The molecule has 0 saturated carbocycles. The number of benzene rings is 3. The van der Waals surface area contributed by atoms with Gasteiger partial charge in [0.1, 0.15) is 46.7 Å². The molecule has 6 unspecified atom stereocenters. The second-order valence-electron chi connectivity index (χ2n) is 10.7. The Bertz CT molecular complexity index is 1840. The third-order valence-electron chi connectivity index (χ3n) is 8.07. The summed E-state index contributed by atoms with van der Waals surface area (Å²) in [6, 6.07) is 16.4. The molecule has 0 N–H and O–H groups in total. The Morgan fingerprint density at radius 1 is 1.11 bits per heavy atom. The fourth-order valence-electron chi connectivity index (χ4n) is 5.77. The summed E-state index contributed by atoms with van der Waals surface area (Å²) in [5.74, 6) is -2.21. The van der Waals surface area contributed by atoms with Crippen LogP contribution in [0.15, 0.2) is 72.4 Å². The van der Waals surface area contributed by atoms with Crippen LogP contribution in [-0.4, -0.2) is 71.1 Å². The van der Waals surface area contributed by atoms with Crippen molar-refractivity contribution in [2.24, 2.45) is 0 Å². The molecule has 232 valence electrons. The Balaban J connectivity index is 1.25. The van der Waals surface area contributed by atoms with Gasteiger partial charge in [-0.25, -0.2) is 18.4 Å². The van der Waals surface area contributed by atoms with Crippen LogP contribution in [-0.2, 0) is 23.7 Å². The van der Waals surface area contributed by atoms with Crippen LogP contribution < -0.4 is 4.90 Å². The van der Waals surface area contributed by atoms with Crippen LogP contribution in [0.25, 0.3) is 21.5 Å². The zero-order valence-electron chi connectivity index (χ0n) is 23.9. The minimum absolute atomic E-state index is 0.118. The molecule has 0 aliphatic carbocycles. The van der Waals surface area contributed by atoms with Crippen LogP contribution in [0, 0.1) is 11.6 Å². The molecule has 2 saturated heterocycles. The number of halogens is 3. The number of hydrogen-bond donors (Lipinski definition) is 0. The number of nitrogens with zero attached hydrogens (tertiary/aromatic N) is 5. The van der Waals surface area contributed by atoms with Crippen LogP contribution >= 0.6 is 22.9 Å². The number of hydrogen-bond acceptors (Lipinski definition) is 9. The van der Waals surface area contributed by atoms with Crippen LogP contribution in [0.2, 0.25) is 5.02 Å². The molecule has 7 rings (SSSR count). The summed E-state index contributed by atoms with van der Waals surface area (Å²) in [4.78, 5) is 19.9. The van der Waals surface area contributed by atoms with E-state index in [1.165, 1.54) is 34.2 Å². The Labute approximate surface area is 265 Å². The van der Waals surface area contributed by atoms with Gasteiger partial charge in [-0.05, 0) is 30.3 Å². The molecule has 2 aromatic heterocycles. The number of methoxy groups -OCH3 is 1. The number of anilines is 1. The molecule has 0 radical (unpaired) electrons. The molecule has 1 amide bonds. The highest BCUT2D eigenvalue weighted by Crippen LogP contribution is 2.41. The second kappa shape index (κ2) is 12.2. The quantitative estimate of drug-likeness (QED) is 0.219. The molecule has 6 atom stereocenters. The Kier molecular flexibility index (Phi) is 8.06. The molecular formula is C31H26ClF2N5O5S. The van der Waals surface area contributed by atoms with E-state index in [0.29, 0.717) is 5.69 Å². The van der Waals surface area contributed by atoms with E-state index in [1.54, 1.807) is 12.6 Å². The van der Waals surface area contributed by atoms with Crippen molar-refractivity contribution in [2.45, 2.75) is 36.7 Å². The number of carbonyl (C=O) groups is 1. The van der Waals surface area contributed by atoms with Crippen LogP contribution in [0.4, 0.5) is 14.5 Å². The number of thiazole rings is 1. The average molecular weight is 654 g/mol. The zero-order chi connectivity index (χ0) is 31.2. The lowest BCUT2D eigenvalue weighted by atomic mass is 9.90. The van der Waals surface area contributed by atoms with Gasteiger partial charge in [-0.2, -0.15) is 0 Å². The molecule has 0 bridgehead atoms. The highest BCUT2D eigenvalue weighted by atomic mass is 35.5. The van der Waals surface area contributed by atoms with Gasteiger partial charge in [0, 0.05) is 31.0 Å². The first kappa shape index (κ1) is 29.8. The van der Waals surface area contributed by atoms with E-state index >= 15 is 0 Å². The van der Waals surface area contributed by atoms with E-state index in [1.807, 2.05) is 48.5 Å². The minimum atomic E-state index is -1.10. The van der Waals surface area contributed by atoms with Gasteiger partial charge >= 0.3 is 0 Å². The summed E-state index contributed by atoms with van der Waals surface area (Å²) in [5.41, 5.74) is 4.36. The number of ether oxygens (including phenoxy) is 4. The fraction of sp³-hybridized carbons (Fsp3) is 0.290. The number of carbonyl (C=O) groups excluding carboxylic acids is 1. The maximum Gasteiger partial charge on any atom is 0.258 e. The molecule has 3 aromatic carbocycles. The number of rotatable bonds is 6. The van der Waals surface area contributed by atoms with Gasteiger partial charge in [0.15, 0.2) is 12.4 Å². The van der Waals surface area contributed by atoms with Crippen molar-refractivity contribution in [3.63, 3.8) is 0 Å². The summed E-state index contributed by atoms with van der Waals surface area (Å²) in [7, 11) is 3.14. The van der Waals surface area contributed by atoms with Crippen molar-refractivity contribution >= 4 is 44.7 Å². The number of aromatic nitrogens is 4. The third kappa shape index (κ3) is 5.49. The van der Waals surface area contributed by atoms with Crippen molar-refractivity contribution < 1.29 is 32.5 Å². The Morgan fingerprint density at radius 2 is 1.89 bits per heavy atom. The van der Waals surface area contributed by atoms with Gasteiger partial charge in [0.05, 0.1) is 28.5 Å². The SMILES string of the molecule is COC1C(C(=O)N(C)c2ccc3ncsc3c2)OC2COC(c3ccccc3)OC2C1n1cc(-c2cc(F)c(Cl)c(F)c2)nn1. The summed E-state index contributed by atoms with van der Waals surface area (Å²) in [6.07, 6.45) is -2.59. The Hall–Kier alpha value is -3.85. The maximum absolute atomic E-state index is 14.3. The zero-order valence-corrected chi connectivity index (χ0v) is 25.5. The molecule has 2 fully saturated rings. The van der Waals surface area contributed by atoms with E-state index < -0.39 is 53.4 Å². The monoisotopic (exact) mass is 653 g/mol. The lowest BCUT2D eigenvalue weighted by Crippen LogP contribution is -2.63.